The number of hydrogen-bond acceptors (Lipinski definition) is 5. The second-order valence-electron chi connectivity index (χ2n) is 4.38. The summed E-state index contributed by atoms with van der Waals surface area (Å²) in [5.74, 6) is -1.48. The molecule has 0 aliphatic rings. The molecule has 0 saturated heterocycles. The van der Waals surface area contributed by atoms with E-state index in [2.05, 4.69) is 26.6 Å². The molecule has 2 N–H and O–H groups in total. The van der Waals surface area contributed by atoms with Gasteiger partial charge in [-0.05, 0) is 35.7 Å². The van der Waals surface area contributed by atoms with Crippen molar-refractivity contribution in [2.75, 3.05) is 18.5 Å². The van der Waals surface area contributed by atoms with E-state index in [9.17, 15) is 14.4 Å². The zero-order chi connectivity index (χ0) is 16.7. The number of thiophene rings is 1. The summed E-state index contributed by atoms with van der Waals surface area (Å²) in [5.41, 5.74) is 0.597. The first-order valence-corrected chi connectivity index (χ1v) is 8.24. The normalized spacial score (nSPS) is 9.96. The number of ether oxygens (including phenoxy) is 1. The zero-order valence-electron chi connectivity index (χ0n) is 11.9. The van der Waals surface area contributed by atoms with Crippen LogP contribution in [-0.2, 0) is 14.3 Å². The van der Waals surface area contributed by atoms with Gasteiger partial charge in [-0.15, -0.1) is 11.3 Å². The SMILES string of the molecule is O=C(COC(=O)CNC(=O)c1cccs1)Nc1ccc(Br)cc1. The van der Waals surface area contributed by atoms with Gasteiger partial charge in [0.25, 0.3) is 11.8 Å². The van der Waals surface area contributed by atoms with Crippen molar-refractivity contribution in [1.82, 2.24) is 5.32 Å². The molecule has 1 aromatic carbocycles. The van der Waals surface area contributed by atoms with Crippen molar-refractivity contribution < 1.29 is 19.1 Å². The molecule has 0 aliphatic heterocycles. The van der Waals surface area contributed by atoms with Crippen molar-refractivity contribution in [2.24, 2.45) is 0 Å². The van der Waals surface area contributed by atoms with Crippen LogP contribution in [0.3, 0.4) is 0 Å². The van der Waals surface area contributed by atoms with Crippen molar-refractivity contribution >= 4 is 50.7 Å². The third-order valence-corrected chi connectivity index (χ3v) is 4.03. The Morgan fingerprint density at radius 2 is 1.87 bits per heavy atom. The average Bonchev–Trinajstić information content (AvgIpc) is 3.07. The molecule has 2 rings (SSSR count). The maximum atomic E-state index is 11.6. The summed E-state index contributed by atoms with van der Waals surface area (Å²) < 4.78 is 5.69. The smallest absolute Gasteiger partial charge is 0.325 e. The van der Waals surface area contributed by atoms with Crippen LogP contribution in [0.1, 0.15) is 9.67 Å². The van der Waals surface area contributed by atoms with Gasteiger partial charge in [0, 0.05) is 10.2 Å². The summed E-state index contributed by atoms with van der Waals surface area (Å²) in [6.07, 6.45) is 0. The van der Waals surface area contributed by atoms with E-state index in [0.717, 1.165) is 4.47 Å². The van der Waals surface area contributed by atoms with Gasteiger partial charge in [-0.1, -0.05) is 22.0 Å². The molecule has 1 aromatic heterocycles. The van der Waals surface area contributed by atoms with E-state index in [-0.39, 0.29) is 12.5 Å². The van der Waals surface area contributed by atoms with Crippen LogP contribution >= 0.6 is 27.3 Å². The Balaban J connectivity index is 1.68. The van der Waals surface area contributed by atoms with E-state index < -0.39 is 18.5 Å². The predicted molar refractivity (Wildman–Crippen MR) is 90.4 cm³/mol. The molecule has 120 valence electrons. The number of esters is 1. The van der Waals surface area contributed by atoms with Gasteiger partial charge in [0.15, 0.2) is 6.61 Å². The largest absolute Gasteiger partial charge is 0.454 e. The molecule has 6 nitrogen and oxygen atoms in total. The number of carbonyl (C=O) groups excluding carboxylic acids is 3. The van der Waals surface area contributed by atoms with Gasteiger partial charge in [-0.25, -0.2) is 0 Å². The van der Waals surface area contributed by atoms with Crippen molar-refractivity contribution in [3.63, 3.8) is 0 Å². The van der Waals surface area contributed by atoms with Crippen LogP contribution in [0.5, 0.6) is 0 Å². The number of halogens is 1. The summed E-state index contributed by atoms with van der Waals surface area (Å²) in [7, 11) is 0. The Hall–Kier alpha value is -2.19. The predicted octanol–water partition coefficient (Wildman–Crippen LogP) is 2.42. The lowest BCUT2D eigenvalue weighted by Crippen LogP contribution is -2.31. The zero-order valence-corrected chi connectivity index (χ0v) is 14.3. The Kier molecular flexibility index (Phi) is 6.30. The van der Waals surface area contributed by atoms with Crippen LogP contribution in [0.25, 0.3) is 0 Å². The molecule has 0 bridgehead atoms. The minimum Gasteiger partial charge on any atom is -0.454 e. The fraction of sp³-hybridized carbons (Fsp3) is 0.133. The third-order valence-electron chi connectivity index (χ3n) is 2.63. The second kappa shape index (κ2) is 8.44. The van der Waals surface area contributed by atoms with Gasteiger partial charge in [0.2, 0.25) is 0 Å². The molecule has 0 fully saturated rings. The first-order valence-electron chi connectivity index (χ1n) is 6.57. The Bertz CT molecular complexity index is 686. The molecule has 0 aliphatic carbocycles. The number of benzene rings is 1. The lowest BCUT2D eigenvalue weighted by Gasteiger charge is -2.07. The van der Waals surface area contributed by atoms with Crippen LogP contribution in [0.4, 0.5) is 5.69 Å². The first kappa shape index (κ1) is 17.2. The van der Waals surface area contributed by atoms with Gasteiger partial charge < -0.3 is 15.4 Å². The van der Waals surface area contributed by atoms with E-state index >= 15 is 0 Å². The Labute approximate surface area is 145 Å². The highest BCUT2D eigenvalue weighted by Gasteiger charge is 2.11. The number of carbonyl (C=O) groups is 3. The Morgan fingerprint density at radius 1 is 1.13 bits per heavy atom. The number of hydrogen-bond donors (Lipinski definition) is 2. The summed E-state index contributed by atoms with van der Waals surface area (Å²) in [6.45, 7) is -0.702. The van der Waals surface area contributed by atoms with Crippen LogP contribution in [0.15, 0.2) is 46.3 Å². The lowest BCUT2D eigenvalue weighted by molar-refractivity contribution is -0.146. The van der Waals surface area contributed by atoms with Gasteiger partial charge in [-0.2, -0.15) is 0 Å². The number of rotatable bonds is 6. The molecular formula is C15H13BrN2O4S. The standard InChI is InChI=1S/C15H13BrN2O4S/c16-10-3-5-11(6-4-10)18-13(19)9-22-14(20)8-17-15(21)12-2-1-7-23-12/h1-7H,8-9H2,(H,17,21)(H,18,19). The monoisotopic (exact) mass is 396 g/mol. The highest BCUT2D eigenvalue weighted by Crippen LogP contribution is 2.13. The lowest BCUT2D eigenvalue weighted by atomic mass is 10.3. The third kappa shape index (κ3) is 5.84. The minimum absolute atomic E-state index is 0.289. The minimum atomic E-state index is -0.680. The summed E-state index contributed by atoms with van der Waals surface area (Å²) in [4.78, 5) is 35.3. The molecule has 2 amide bonds. The molecule has 0 spiro atoms. The van der Waals surface area contributed by atoms with E-state index in [0.29, 0.717) is 10.6 Å². The summed E-state index contributed by atoms with van der Waals surface area (Å²) in [6, 6.07) is 10.4. The molecule has 0 saturated carbocycles. The van der Waals surface area contributed by atoms with E-state index in [1.54, 1.807) is 41.8 Å². The van der Waals surface area contributed by atoms with Gasteiger partial charge in [0.1, 0.15) is 6.54 Å². The van der Waals surface area contributed by atoms with Crippen LogP contribution in [0.2, 0.25) is 0 Å². The highest BCUT2D eigenvalue weighted by molar-refractivity contribution is 9.10. The van der Waals surface area contributed by atoms with Crippen molar-refractivity contribution in [3.8, 4) is 0 Å². The molecular weight excluding hydrogens is 384 g/mol. The molecule has 0 atom stereocenters. The fourth-order valence-corrected chi connectivity index (χ4v) is 2.48. The van der Waals surface area contributed by atoms with E-state index in [1.807, 2.05) is 0 Å². The van der Waals surface area contributed by atoms with Crippen LogP contribution in [-0.4, -0.2) is 30.9 Å². The van der Waals surface area contributed by atoms with E-state index in [1.165, 1.54) is 11.3 Å². The number of amides is 2. The topological polar surface area (TPSA) is 84.5 Å². The van der Waals surface area contributed by atoms with Crippen LogP contribution in [0, 0.1) is 0 Å². The second-order valence-corrected chi connectivity index (χ2v) is 6.24. The molecule has 8 heteroatoms. The number of nitrogens with one attached hydrogen (secondary N) is 2. The van der Waals surface area contributed by atoms with Gasteiger partial charge >= 0.3 is 5.97 Å². The molecule has 0 unspecified atom stereocenters. The summed E-state index contributed by atoms with van der Waals surface area (Å²) >= 11 is 4.56. The number of anilines is 1. The van der Waals surface area contributed by atoms with Crippen molar-refractivity contribution in [1.29, 1.82) is 0 Å². The van der Waals surface area contributed by atoms with Gasteiger partial charge in [-0.3, -0.25) is 14.4 Å². The maximum absolute atomic E-state index is 11.6. The first-order chi connectivity index (χ1) is 11.0. The van der Waals surface area contributed by atoms with Crippen molar-refractivity contribution in [2.45, 2.75) is 0 Å². The van der Waals surface area contributed by atoms with Gasteiger partial charge in [0.05, 0.1) is 4.88 Å². The molecule has 1 heterocycles. The van der Waals surface area contributed by atoms with Crippen LogP contribution < -0.4 is 10.6 Å². The Morgan fingerprint density at radius 3 is 2.52 bits per heavy atom. The molecule has 2 aromatic rings. The molecule has 0 radical (unpaired) electrons. The fourth-order valence-electron chi connectivity index (χ4n) is 1.57. The average molecular weight is 397 g/mol. The quantitative estimate of drug-likeness (QED) is 0.734. The summed E-state index contributed by atoms with van der Waals surface area (Å²) in [5, 5.41) is 6.78. The highest BCUT2D eigenvalue weighted by atomic mass is 79.9. The van der Waals surface area contributed by atoms with E-state index in [4.69, 9.17) is 4.74 Å². The van der Waals surface area contributed by atoms with Crippen molar-refractivity contribution in [3.05, 3.63) is 51.1 Å². The molecule has 23 heavy (non-hydrogen) atoms. The maximum Gasteiger partial charge on any atom is 0.325 e.